The number of rotatable bonds is 4. The highest BCUT2D eigenvalue weighted by Crippen LogP contribution is 2.27. The van der Waals surface area contributed by atoms with E-state index in [-0.39, 0.29) is 15.8 Å². The molecule has 8 nitrogen and oxygen atoms in total. The van der Waals surface area contributed by atoms with Crippen LogP contribution in [0.1, 0.15) is 5.56 Å². The first kappa shape index (κ1) is 18.2. The summed E-state index contributed by atoms with van der Waals surface area (Å²) in [5.74, 6) is 0. The van der Waals surface area contributed by atoms with Gasteiger partial charge in [0.15, 0.2) is 9.84 Å². The van der Waals surface area contributed by atoms with Crippen LogP contribution in [0.4, 0.5) is 16.2 Å². The molecule has 1 aliphatic heterocycles. The fraction of sp³-hybridized carbons (Fsp3) is 0.188. The van der Waals surface area contributed by atoms with Crippen LogP contribution in [0.2, 0.25) is 0 Å². The highest BCUT2D eigenvalue weighted by atomic mass is 32.2. The number of sulfone groups is 1. The standard InChI is InChI=1S/C16H17N3O5S2/c1-19-10-11-8-12(6-7-15(11)17-16(19)20)18-26(23,24)14-5-3-4-13(9-14)25(2,21)22/h3-9,18H,10H2,1-2H3,(H,17,20). The summed E-state index contributed by atoms with van der Waals surface area (Å²) in [6.45, 7) is 0.348. The molecular weight excluding hydrogens is 378 g/mol. The number of anilines is 2. The molecule has 3 rings (SSSR count). The van der Waals surface area contributed by atoms with Crippen molar-refractivity contribution in [3.63, 3.8) is 0 Å². The zero-order chi connectivity index (χ0) is 19.1. The van der Waals surface area contributed by atoms with Crippen LogP contribution in [-0.4, -0.2) is 41.1 Å². The van der Waals surface area contributed by atoms with Gasteiger partial charge in [-0.25, -0.2) is 21.6 Å². The maximum atomic E-state index is 12.6. The molecule has 0 aromatic heterocycles. The molecule has 1 aliphatic rings. The van der Waals surface area contributed by atoms with Crippen molar-refractivity contribution < 1.29 is 21.6 Å². The topological polar surface area (TPSA) is 113 Å². The number of benzene rings is 2. The fourth-order valence-corrected chi connectivity index (χ4v) is 4.37. The normalized spacial score (nSPS) is 14.5. The summed E-state index contributed by atoms with van der Waals surface area (Å²) in [4.78, 5) is 12.9. The van der Waals surface area contributed by atoms with E-state index in [0.29, 0.717) is 17.9 Å². The second-order valence-electron chi connectivity index (χ2n) is 6.01. The van der Waals surface area contributed by atoms with E-state index in [9.17, 15) is 21.6 Å². The first-order valence-electron chi connectivity index (χ1n) is 7.54. The smallest absolute Gasteiger partial charge is 0.321 e. The highest BCUT2D eigenvalue weighted by molar-refractivity contribution is 7.93. The average Bonchev–Trinajstić information content (AvgIpc) is 2.55. The number of amides is 2. The molecule has 0 aliphatic carbocycles. The summed E-state index contributed by atoms with van der Waals surface area (Å²) in [5.41, 5.74) is 1.70. The summed E-state index contributed by atoms with van der Waals surface area (Å²) in [5, 5.41) is 2.70. The molecule has 138 valence electrons. The van der Waals surface area contributed by atoms with Crippen LogP contribution in [-0.2, 0) is 26.4 Å². The van der Waals surface area contributed by atoms with Crippen LogP contribution < -0.4 is 10.0 Å². The van der Waals surface area contributed by atoms with Gasteiger partial charge in [0, 0.05) is 31.2 Å². The first-order valence-corrected chi connectivity index (χ1v) is 10.9. The zero-order valence-electron chi connectivity index (χ0n) is 14.1. The van der Waals surface area contributed by atoms with Crippen LogP contribution in [0.25, 0.3) is 0 Å². The molecule has 0 fully saturated rings. The van der Waals surface area contributed by atoms with Gasteiger partial charge in [-0.05, 0) is 42.0 Å². The number of nitrogens with one attached hydrogen (secondary N) is 2. The maximum absolute atomic E-state index is 12.6. The van der Waals surface area contributed by atoms with Gasteiger partial charge < -0.3 is 10.2 Å². The van der Waals surface area contributed by atoms with Crippen molar-refractivity contribution in [3.8, 4) is 0 Å². The summed E-state index contributed by atoms with van der Waals surface area (Å²) < 4.78 is 50.9. The number of nitrogens with zero attached hydrogens (tertiary/aromatic N) is 1. The van der Waals surface area contributed by atoms with Crippen LogP contribution in [0.5, 0.6) is 0 Å². The van der Waals surface area contributed by atoms with Crippen LogP contribution >= 0.6 is 0 Å². The molecule has 10 heteroatoms. The Bertz CT molecular complexity index is 1090. The van der Waals surface area contributed by atoms with Crippen molar-refractivity contribution in [3.05, 3.63) is 48.0 Å². The molecule has 0 saturated carbocycles. The van der Waals surface area contributed by atoms with Gasteiger partial charge >= 0.3 is 6.03 Å². The molecule has 0 unspecified atom stereocenters. The third kappa shape index (κ3) is 3.65. The molecule has 0 spiro atoms. The Morgan fingerprint density at radius 3 is 2.42 bits per heavy atom. The third-order valence-corrected chi connectivity index (χ3v) is 6.39. The number of carbonyl (C=O) groups excluding carboxylic acids is 1. The molecule has 2 aromatic carbocycles. The Labute approximate surface area is 151 Å². The molecule has 0 bridgehead atoms. The number of urea groups is 1. The lowest BCUT2D eigenvalue weighted by Crippen LogP contribution is -2.35. The van der Waals surface area contributed by atoms with E-state index in [4.69, 9.17) is 0 Å². The van der Waals surface area contributed by atoms with Gasteiger partial charge in [-0.1, -0.05) is 6.07 Å². The molecule has 0 atom stereocenters. The minimum Gasteiger partial charge on any atom is -0.323 e. The van der Waals surface area contributed by atoms with Gasteiger partial charge in [0.1, 0.15) is 0 Å². The van der Waals surface area contributed by atoms with Crippen molar-refractivity contribution in [2.75, 3.05) is 23.3 Å². The predicted molar refractivity (Wildman–Crippen MR) is 97.3 cm³/mol. The molecule has 2 amide bonds. The van der Waals surface area contributed by atoms with E-state index >= 15 is 0 Å². The van der Waals surface area contributed by atoms with Crippen LogP contribution in [0.3, 0.4) is 0 Å². The second kappa shape index (κ2) is 6.29. The molecular formula is C16H17N3O5S2. The maximum Gasteiger partial charge on any atom is 0.321 e. The molecule has 0 radical (unpaired) electrons. The number of hydrogen-bond acceptors (Lipinski definition) is 5. The minimum absolute atomic E-state index is 0.0739. The summed E-state index contributed by atoms with van der Waals surface area (Å²) in [6.07, 6.45) is 1.01. The van der Waals surface area contributed by atoms with E-state index in [2.05, 4.69) is 10.0 Å². The van der Waals surface area contributed by atoms with Crippen LogP contribution in [0.15, 0.2) is 52.3 Å². The SMILES string of the molecule is CN1Cc2cc(NS(=O)(=O)c3cccc(S(C)(=O)=O)c3)ccc2NC1=O. The lowest BCUT2D eigenvalue weighted by molar-refractivity contribution is 0.218. The van der Waals surface area contributed by atoms with Gasteiger partial charge in [-0.15, -0.1) is 0 Å². The van der Waals surface area contributed by atoms with Gasteiger partial charge in [0.25, 0.3) is 10.0 Å². The Kier molecular flexibility index (Phi) is 4.41. The molecule has 0 saturated heterocycles. The zero-order valence-corrected chi connectivity index (χ0v) is 15.7. The van der Waals surface area contributed by atoms with E-state index in [1.807, 2.05) is 0 Å². The van der Waals surface area contributed by atoms with Crippen molar-refractivity contribution in [2.45, 2.75) is 16.3 Å². The Hall–Kier alpha value is -2.59. The molecule has 26 heavy (non-hydrogen) atoms. The predicted octanol–water partition coefficient (Wildman–Crippen LogP) is 1.87. The Morgan fingerprint density at radius 2 is 1.73 bits per heavy atom. The largest absolute Gasteiger partial charge is 0.323 e. The molecule has 1 heterocycles. The first-order chi connectivity index (χ1) is 12.1. The highest BCUT2D eigenvalue weighted by Gasteiger charge is 2.21. The van der Waals surface area contributed by atoms with Gasteiger partial charge in [0.2, 0.25) is 0 Å². The van der Waals surface area contributed by atoms with Crippen molar-refractivity contribution in [2.24, 2.45) is 0 Å². The van der Waals surface area contributed by atoms with Crippen molar-refractivity contribution in [1.82, 2.24) is 4.90 Å². The number of carbonyl (C=O) groups is 1. The third-order valence-electron chi connectivity index (χ3n) is 3.90. The van der Waals surface area contributed by atoms with E-state index in [1.54, 1.807) is 19.2 Å². The van der Waals surface area contributed by atoms with E-state index in [1.165, 1.54) is 29.2 Å². The summed E-state index contributed by atoms with van der Waals surface area (Å²) in [6, 6.07) is 9.70. The molecule has 2 aromatic rings. The van der Waals surface area contributed by atoms with Gasteiger partial charge in [-0.3, -0.25) is 4.72 Å². The van der Waals surface area contributed by atoms with Crippen LogP contribution in [0, 0.1) is 0 Å². The monoisotopic (exact) mass is 395 g/mol. The fourth-order valence-electron chi connectivity index (χ4n) is 2.53. The van der Waals surface area contributed by atoms with Crippen molar-refractivity contribution in [1.29, 1.82) is 0 Å². The number of hydrogen-bond donors (Lipinski definition) is 2. The average molecular weight is 395 g/mol. The quantitative estimate of drug-likeness (QED) is 0.821. The number of sulfonamides is 1. The second-order valence-corrected chi connectivity index (χ2v) is 9.71. The number of fused-ring (bicyclic) bond motifs is 1. The lowest BCUT2D eigenvalue weighted by Gasteiger charge is -2.26. The minimum atomic E-state index is -3.96. The van der Waals surface area contributed by atoms with E-state index in [0.717, 1.165) is 17.9 Å². The Morgan fingerprint density at radius 1 is 1.04 bits per heavy atom. The molecule has 2 N–H and O–H groups in total. The lowest BCUT2D eigenvalue weighted by atomic mass is 10.1. The summed E-state index contributed by atoms with van der Waals surface area (Å²) >= 11 is 0. The van der Waals surface area contributed by atoms with Gasteiger partial charge in [0.05, 0.1) is 9.79 Å². The van der Waals surface area contributed by atoms with E-state index < -0.39 is 19.9 Å². The Balaban J connectivity index is 1.91. The summed E-state index contributed by atoms with van der Waals surface area (Å²) in [7, 11) is -5.85. The van der Waals surface area contributed by atoms with Crippen molar-refractivity contribution >= 4 is 37.3 Å². The van der Waals surface area contributed by atoms with Gasteiger partial charge in [-0.2, -0.15) is 0 Å².